The molecule has 1 saturated heterocycles. The van der Waals surface area contributed by atoms with Gasteiger partial charge in [-0.2, -0.15) is 0 Å². The van der Waals surface area contributed by atoms with Gasteiger partial charge in [-0.15, -0.1) is 0 Å². The Kier molecular flexibility index (Phi) is 3.32. The quantitative estimate of drug-likeness (QED) is 0.845. The minimum Gasteiger partial charge on any atom is -0.364 e. The van der Waals surface area contributed by atoms with Gasteiger partial charge in [-0.05, 0) is 25.2 Å². The predicted octanol–water partition coefficient (Wildman–Crippen LogP) is 1.21. The molecule has 1 saturated carbocycles. The molecule has 1 aromatic rings. The third kappa shape index (κ3) is 2.41. The number of hydrogen-bond acceptors (Lipinski definition) is 4. The van der Waals surface area contributed by atoms with Crippen LogP contribution in [0.3, 0.4) is 0 Å². The summed E-state index contributed by atoms with van der Waals surface area (Å²) in [5, 5.41) is 10.2. The highest BCUT2D eigenvalue weighted by Gasteiger charge is 2.37. The number of carbonyl (C=O) groups is 1. The molecule has 1 amide bonds. The molecule has 5 heteroatoms. The van der Waals surface area contributed by atoms with Gasteiger partial charge in [0.05, 0.1) is 12.6 Å². The van der Waals surface area contributed by atoms with Crippen LogP contribution in [0, 0.1) is 5.92 Å². The fraction of sp³-hybridized carbons (Fsp3) is 0.692. The Morgan fingerprint density at radius 3 is 3.17 bits per heavy atom. The molecule has 0 spiro atoms. The van der Waals surface area contributed by atoms with E-state index in [2.05, 4.69) is 15.8 Å². The van der Waals surface area contributed by atoms with Crippen LogP contribution in [-0.4, -0.2) is 23.1 Å². The van der Waals surface area contributed by atoms with Crippen molar-refractivity contribution >= 4 is 5.91 Å². The molecule has 3 atom stereocenters. The largest absolute Gasteiger partial charge is 0.364 e. The van der Waals surface area contributed by atoms with E-state index in [1.165, 1.54) is 31.9 Å². The molecule has 2 N–H and O–H groups in total. The Morgan fingerprint density at radius 1 is 1.50 bits per heavy atom. The zero-order chi connectivity index (χ0) is 12.4. The Hall–Kier alpha value is -1.36. The average Bonchev–Trinajstić information content (AvgIpc) is 3.04. The van der Waals surface area contributed by atoms with Crippen LogP contribution in [0.4, 0.5) is 0 Å². The summed E-state index contributed by atoms with van der Waals surface area (Å²) in [6.07, 6.45) is 7.60. The zero-order valence-corrected chi connectivity index (χ0v) is 10.4. The SMILES string of the molecule is O=C(NCc1ccon1)C1CC2CCCCC2N1. The van der Waals surface area contributed by atoms with Gasteiger partial charge in [0.1, 0.15) is 12.0 Å². The highest BCUT2D eigenvalue weighted by molar-refractivity contribution is 5.82. The summed E-state index contributed by atoms with van der Waals surface area (Å²) in [7, 11) is 0. The molecule has 2 aliphatic rings. The molecule has 1 aromatic heterocycles. The van der Waals surface area contributed by atoms with Crippen molar-refractivity contribution < 1.29 is 9.32 Å². The van der Waals surface area contributed by atoms with Gasteiger partial charge in [-0.3, -0.25) is 4.79 Å². The zero-order valence-electron chi connectivity index (χ0n) is 10.4. The molecule has 3 unspecified atom stereocenters. The number of nitrogens with zero attached hydrogens (tertiary/aromatic N) is 1. The maximum atomic E-state index is 12.1. The number of hydrogen-bond donors (Lipinski definition) is 2. The highest BCUT2D eigenvalue weighted by Crippen LogP contribution is 2.33. The van der Waals surface area contributed by atoms with Crippen molar-refractivity contribution in [2.75, 3.05) is 0 Å². The molecule has 1 aliphatic heterocycles. The van der Waals surface area contributed by atoms with E-state index >= 15 is 0 Å². The Balaban J connectivity index is 1.51. The maximum Gasteiger partial charge on any atom is 0.237 e. The fourth-order valence-electron chi connectivity index (χ4n) is 3.15. The average molecular weight is 249 g/mol. The lowest BCUT2D eigenvalue weighted by atomic mass is 9.85. The summed E-state index contributed by atoms with van der Waals surface area (Å²) in [6.45, 7) is 0.447. The van der Waals surface area contributed by atoms with E-state index < -0.39 is 0 Å². The molecule has 3 rings (SSSR count). The van der Waals surface area contributed by atoms with Crippen molar-refractivity contribution in [3.8, 4) is 0 Å². The lowest BCUT2D eigenvalue weighted by molar-refractivity contribution is -0.123. The van der Waals surface area contributed by atoms with Crippen LogP contribution in [0.15, 0.2) is 16.9 Å². The summed E-state index contributed by atoms with van der Waals surface area (Å²) in [6, 6.07) is 2.30. The smallest absolute Gasteiger partial charge is 0.237 e. The third-order valence-electron chi connectivity index (χ3n) is 4.11. The molecule has 2 heterocycles. The van der Waals surface area contributed by atoms with Crippen LogP contribution in [0.2, 0.25) is 0 Å². The van der Waals surface area contributed by atoms with Gasteiger partial charge in [0.25, 0.3) is 0 Å². The van der Waals surface area contributed by atoms with E-state index in [-0.39, 0.29) is 11.9 Å². The second-order valence-corrected chi connectivity index (χ2v) is 5.31. The molecule has 0 aromatic carbocycles. The minimum atomic E-state index is -0.0231. The first-order chi connectivity index (χ1) is 8.83. The number of aromatic nitrogens is 1. The van der Waals surface area contributed by atoms with Gasteiger partial charge >= 0.3 is 0 Å². The first-order valence-electron chi connectivity index (χ1n) is 6.76. The highest BCUT2D eigenvalue weighted by atomic mass is 16.5. The van der Waals surface area contributed by atoms with Crippen LogP contribution in [0.25, 0.3) is 0 Å². The molecule has 0 bridgehead atoms. The first kappa shape index (κ1) is 11.7. The normalized spacial score (nSPS) is 31.0. The molecule has 0 radical (unpaired) electrons. The van der Waals surface area contributed by atoms with E-state index in [0.717, 1.165) is 12.1 Å². The van der Waals surface area contributed by atoms with Gasteiger partial charge in [-0.25, -0.2) is 0 Å². The summed E-state index contributed by atoms with van der Waals surface area (Å²) in [4.78, 5) is 12.1. The Bertz CT molecular complexity index is 390. The number of amides is 1. The monoisotopic (exact) mass is 249 g/mol. The number of rotatable bonds is 3. The summed E-state index contributed by atoms with van der Waals surface area (Å²) < 4.78 is 4.73. The molecule has 2 fully saturated rings. The van der Waals surface area contributed by atoms with Crippen LogP contribution in [-0.2, 0) is 11.3 Å². The van der Waals surface area contributed by atoms with Crippen molar-refractivity contribution in [1.82, 2.24) is 15.8 Å². The van der Waals surface area contributed by atoms with Gasteiger partial charge in [0, 0.05) is 12.1 Å². The Morgan fingerprint density at radius 2 is 2.39 bits per heavy atom. The topological polar surface area (TPSA) is 67.2 Å². The lowest BCUT2D eigenvalue weighted by Gasteiger charge is -2.24. The molecule has 5 nitrogen and oxygen atoms in total. The molecular formula is C13H19N3O2. The van der Waals surface area contributed by atoms with Crippen LogP contribution >= 0.6 is 0 Å². The van der Waals surface area contributed by atoms with Crippen molar-refractivity contribution in [2.24, 2.45) is 5.92 Å². The standard InChI is InChI=1S/C13H19N3O2/c17-13(14-8-10-5-6-18-16-10)12-7-9-3-1-2-4-11(9)15-12/h5-6,9,11-12,15H,1-4,7-8H2,(H,14,17). The van der Waals surface area contributed by atoms with Crippen LogP contribution < -0.4 is 10.6 Å². The molecule has 98 valence electrons. The van der Waals surface area contributed by atoms with E-state index in [1.54, 1.807) is 6.07 Å². The second-order valence-electron chi connectivity index (χ2n) is 5.31. The van der Waals surface area contributed by atoms with Crippen LogP contribution in [0.5, 0.6) is 0 Å². The van der Waals surface area contributed by atoms with Crippen molar-refractivity contribution in [3.63, 3.8) is 0 Å². The number of carbonyl (C=O) groups excluding carboxylic acids is 1. The van der Waals surface area contributed by atoms with E-state index in [1.807, 2.05) is 0 Å². The van der Waals surface area contributed by atoms with E-state index in [4.69, 9.17) is 4.52 Å². The maximum absolute atomic E-state index is 12.1. The predicted molar refractivity (Wildman–Crippen MR) is 65.6 cm³/mol. The van der Waals surface area contributed by atoms with Gasteiger partial charge in [0.15, 0.2) is 0 Å². The van der Waals surface area contributed by atoms with E-state index in [9.17, 15) is 4.79 Å². The van der Waals surface area contributed by atoms with Gasteiger partial charge in [-0.1, -0.05) is 18.0 Å². The molecule has 1 aliphatic carbocycles. The second kappa shape index (κ2) is 5.10. The number of fused-ring (bicyclic) bond motifs is 1. The lowest BCUT2D eigenvalue weighted by Crippen LogP contribution is -2.42. The Labute approximate surface area is 106 Å². The van der Waals surface area contributed by atoms with Gasteiger partial charge < -0.3 is 15.2 Å². The van der Waals surface area contributed by atoms with Crippen molar-refractivity contribution in [3.05, 3.63) is 18.0 Å². The van der Waals surface area contributed by atoms with E-state index in [0.29, 0.717) is 18.5 Å². The van der Waals surface area contributed by atoms with Gasteiger partial charge in [0.2, 0.25) is 5.91 Å². The summed E-state index contributed by atoms with van der Waals surface area (Å²) in [5.41, 5.74) is 0.763. The number of nitrogens with one attached hydrogen (secondary N) is 2. The first-order valence-corrected chi connectivity index (χ1v) is 6.76. The van der Waals surface area contributed by atoms with Crippen LogP contribution in [0.1, 0.15) is 37.8 Å². The van der Waals surface area contributed by atoms with Crippen molar-refractivity contribution in [2.45, 2.75) is 50.7 Å². The fourth-order valence-corrected chi connectivity index (χ4v) is 3.15. The molecular weight excluding hydrogens is 230 g/mol. The summed E-state index contributed by atoms with van der Waals surface area (Å²) >= 11 is 0. The van der Waals surface area contributed by atoms with Crippen molar-refractivity contribution in [1.29, 1.82) is 0 Å². The summed E-state index contributed by atoms with van der Waals surface area (Å²) in [5.74, 6) is 0.786. The minimum absolute atomic E-state index is 0.0231. The molecule has 18 heavy (non-hydrogen) atoms. The third-order valence-corrected chi connectivity index (χ3v) is 4.11.